The fourth-order valence-electron chi connectivity index (χ4n) is 3.38. The van der Waals surface area contributed by atoms with Crippen molar-refractivity contribution in [2.75, 3.05) is 18.4 Å². The van der Waals surface area contributed by atoms with Crippen molar-refractivity contribution in [3.05, 3.63) is 58.1 Å². The van der Waals surface area contributed by atoms with E-state index in [-0.39, 0.29) is 16.6 Å². The Morgan fingerprint density at radius 2 is 1.75 bits per heavy atom. The zero-order chi connectivity index (χ0) is 23.5. The zero-order valence-electron chi connectivity index (χ0n) is 17.6. The van der Waals surface area contributed by atoms with Crippen LogP contribution in [-0.2, 0) is 14.8 Å². The van der Waals surface area contributed by atoms with E-state index < -0.39 is 32.5 Å². The van der Waals surface area contributed by atoms with Gasteiger partial charge < -0.3 is 10.1 Å². The molecule has 1 N–H and O–H groups in total. The highest BCUT2D eigenvalue weighted by molar-refractivity contribution is 7.89. The topological polar surface area (TPSA) is 136 Å². The van der Waals surface area contributed by atoms with Gasteiger partial charge in [-0.2, -0.15) is 4.31 Å². The molecule has 0 spiro atoms. The number of nitro benzene ring substituents is 1. The Labute approximate surface area is 185 Å². The van der Waals surface area contributed by atoms with Crippen molar-refractivity contribution < 1.29 is 27.7 Å². The molecule has 2 aromatic rings. The maximum atomic E-state index is 12.7. The van der Waals surface area contributed by atoms with Crippen molar-refractivity contribution in [3.63, 3.8) is 0 Å². The maximum Gasteiger partial charge on any atom is 0.312 e. The number of nitrogens with one attached hydrogen (secondary N) is 1. The molecule has 1 saturated heterocycles. The standard InChI is InChI=1S/C21H23N3O7S/c1-14(21(26)16-5-7-17(8-6-16)22-15(2)25)31-20-10-9-18(13-19(20)24(27)28)32(29,30)23-11-3-4-12-23/h5-10,13-14H,3-4,11-12H2,1-2H3,(H,22,25). The Hall–Kier alpha value is -3.31. The molecule has 0 aromatic heterocycles. The average Bonchev–Trinajstić information content (AvgIpc) is 3.29. The molecule has 3 rings (SSSR count). The molecule has 0 bridgehead atoms. The molecule has 0 aliphatic carbocycles. The Morgan fingerprint density at radius 1 is 1.12 bits per heavy atom. The molecule has 1 atom stereocenters. The van der Waals surface area contributed by atoms with E-state index in [1.807, 2.05) is 0 Å². The van der Waals surface area contributed by atoms with Gasteiger partial charge in [-0.05, 0) is 56.2 Å². The van der Waals surface area contributed by atoms with Gasteiger partial charge in [0.05, 0.1) is 9.82 Å². The van der Waals surface area contributed by atoms with Crippen LogP contribution in [0.4, 0.5) is 11.4 Å². The number of nitrogens with zero attached hydrogens (tertiary/aromatic N) is 2. The van der Waals surface area contributed by atoms with Gasteiger partial charge in [0.1, 0.15) is 0 Å². The fourth-order valence-corrected chi connectivity index (χ4v) is 4.91. The molecule has 11 heteroatoms. The lowest BCUT2D eigenvalue weighted by molar-refractivity contribution is -0.386. The van der Waals surface area contributed by atoms with Crippen molar-refractivity contribution in [1.29, 1.82) is 0 Å². The number of ether oxygens (including phenoxy) is 1. The first-order valence-electron chi connectivity index (χ1n) is 9.96. The summed E-state index contributed by atoms with van der Waals surface area (Å²) in [5.41, 5.74) is 0.279. The van der Waals surface area contributed by atoms with E-state index >= 15 is 0 Å². The van der Waals surface area contributed by atoms with Crippen LogP contribution in [0.25, 0.3) is 0 Å². The summed E-state index contributed by atoms with van der Waals surface area (Å²) in [5, 5.41) is 14.2. The van der Waals surface area contributed by atoms with Crippen LogP contribution in [0, 0.1) is 10.1 Å². The van der Waals surface area contributed by atoms with Crippen LogP contribution >= 0.6 is 0 Å². The van der Waals surface area contributed by atoms with Gasteiger partial charge in [0, 0.05) is 37.3 Å². The summed E-state index contributed by atoms with van der Waals surface area (Å²) in [4.78, 5) is 34.4. The van der Waals surface area contributed by atoms with Crippen LogP contribution in [0.3, 0.4) is 0 Å². The third kappa shape index (κ3) is 5.11. The number of hydrogen-bond acceptors (Lipinski definition) is 7. The van der Waals surface area contributed by atoms with Crippen LogP contribution in [0.2, 0.25) is 0 Å². The number of ketones is 1. The second-order valence-electron chi connectivity index (χ2n) is 7.38. The van der Waals surface area contributed by atoms with E-state index in [9.17, 15) is 28.1 Å². The predicted molar refractivity (Wildman–Crippen MR) is 116 cm³/mol. The van der Waals surface area contributed by atoms with Gasteiger partial charge in [0.15, 0.2) is 11.9 Å². The maximum absolute atomic E-state index is 12.7. The summed E-state index contributed by atoms with van der Waals surface area (Å²) in [6.45, 7) is 3.56. The molecule has 1 heterocycles. The largest absolute Gasteiger partial charge is 0.475 e. The number of anilines is 1. The quantitative estimate of drug-likeness (QED) is 0.362. The van der Waals surface area contributed by atoms with Crippen molar-refractivity contribution in [3.8, 4) is 5.75 Å². The van der Waals surface area contributed by atoms with E-state index in [4.69, 9.17) is 4.74 Å². The van der Waals surface area contributed by atoms with Gasteiger partial charge in [0.25, 0.3) is 0 Å². The molecule has 1 aliphatic heterocycles. The molecule has 1 fully saturated rings. The van der Waals surface area contributed by atoms with E-state index in [2.05, 4.69) is 5.32 Å². The van der Waals surface area contributed by atoms with E-state index in [1.54, 1.807) is 12.1 Å². The first-order chi connectivity index (χ1) is 15.1. The van der Waals surface area contributed by atoms with Gasteiger partial charge in [-0.15, -0.1) is 0 Å². The summed E-state index contributed by atoms with van der Waals surface area (Å²) in [5.74, 6) is -0.878. The number of benzene rings is 2. The number of rotatable bonds is 8. The highest BCUT2D eigenvalue weighted by Crippen LogP contribution is 2.32. The third-order valence-electron chi connectivity index (χ3n) is 4.99. The number of carbonyl (C=O) groups excluding carboxylic acids is 2. The molecular weight excluding hydrogens is 438 g/mol. The number of nitro groups is 1. The second kappa shape index (κ2) is 9.45. The molecule has 1 amide bonds. The molecule has 170 valence electrons. The lowest BCUT2D eigenvalue weighted by atomic mass is 10.1. The van der Waals surface area contributed by atoms with Gasteiger partial charge in [-0.25, -0.2) is 8.42 Å². The van der Waals surface area contributed by atoms with Gasteiger partial charge in [-0.1, -0.05) is 0 Å². The Bertz CT molecular complexity index is 1140. The summed E-state index contributed by atoms with van der Waals surface area (Å²) < 4.78 is 32.3. The molecular formula is C21H23N3O7S. The molecule has 0 saturated carbocycles. The van der Waals surface area contributed by atoms with Gasteiger partial charge in [0.2, 0.25) is 21.7 Å². The SMILES string of the molecule is CC(=O)Nc1ccc(C(=O)C(C)Oc2ccc(S(=O)(=O)N3CCCC3)cc2[N+](=O)[O-])cc1. The first-order valence-corrected chi connectivity index (χ1v) is 11.4. The van der Waals surface area contributed by atoms with Gasteiger partial charge in [-0.3, -0.25) is 19.7 Å². The van der Waals surface area contributed by atoms with Crippen LogP contribution in [-0.4, -0.2) is 48.5 Å². The lowest BCUT2D eigenvalue weighted by Gasteiger charge is -2.17. The fraction of sp³-hybridized carbons (Fsp3) is 0.333. The molecule has 2 aromatic carbocycles. The summed E-state index contributed by atoms with van der Waals surface area (Å²) in [6.07, 6.45) is 0.420. The van der Waals surface area contributed by atoms with E-state index in [0.29, 0.717) is 24.3 Å². The Kier molecular flexibility index (Phi) is 6.90. The summed E-state index contributed by atoms with van der Waals surface area (Å²) in [7, 11) is -3.84. The first kappa shape index (κ1) is 23.4. The monoisotopic (exact) mass is 461 g/mol. The molecule has 1 unspecified atom stereocenters. The highest BCUT2D eigenvalue weighted by atomic mass is 32.2. The molecule has 0 radical (unpaired) electrons. The molecule has 1 aliphatic rings. The second-order valence-corrected chi connectivity index (χ2v) is 9.32. The number of sulfonamides is 1. The minimum atomic E-state index is -3.84. The third-order valence-corrected chi connectivity index (χ3v) is 6.89. The van der Waals surface area contributed by atoms with E-state index in [1.165, 1.54) is 42.4 Å². The lowest BCUT2D eigenvalue weighted by Crippen LogP contribution is -2.28. The van der Waals surface area contributed by atoms with Crippen LogP contribution in [0.15, 0.2) is 47.4 Å². The number of hydrogen-bond donors (Lipinski definition) is 1. The van der Waals surface area contributed by atoms with Crippen molar-refractivity contribution in [1.82, 2.24) is 4.31 Å². The smallest absolute Gasteiger partial charge is 0.312 e. The van der Waals surface area contributed by atoms with Crippen LogP contribution in [0.1, 0.15) is 37.0 Å². The van der Waals surface area contributed by atoms with Gasteiger partial charge >= 0.3 is 5.69 Å². The Morgan fingerprint density at radius 3 is 2.31 bits per heavy atom. The number of Topliss-reactive ketones (excluding diaryl/α,β-unsaturated/α-hetero) is 1. The predicted octanol–water partition coefficient (Wildman–Crippen LogP) is 2.99. The minimum absolute atomic E-state index is 0.189. The van der Waals surface area contributed by atoms with Crippen molar-refractivity contribution in [2.45, 2.75) is 37.7 Å². The average molecular weight is 461 g/mol. The minimum Gasteiger partial charge on any atom is -0.475 e. The normalized spacial score (nSPS) is 15.2. The summed E-state index contributed by atoms with van der Waals surface area (Å²) >= 11 is 0. The van der Waals surface area contributed by atoms with Crippen molar-refractivity contribution >= 4 is 33.1 Å². The zero-order valence-corrected chi connectivity index (χ0v) is 18.4. The molecule has 32 heavy (non-hydrogen) atoms. The highest BCUT2D eigenvalue weighted by Gasteiger charge is 2.30. The van der Waals surface area contributed by atoms with Crippen LogP contribution in [0.5, 0.6) is 5.75 Å². The van der Waals surface area contributed by atoms with E-state index in [0.717, 1.165) is 18.9 Å². The van der Waals surface area contributed by atoms with Crippen molar-refractivity contribution in [2.24, 2.45) is 0 Å². The molecule has 10 nitrogen and oxygen atoms in total. The Balaban J connectivity index is 1.80. The number of carbonyl (C=O) groups is 2. The van der Waals surface area contributed by atoms with Crippen LogP contribution < -0.4 is 10.1 Å². The number of amides is 1. The summed E-state index contributed by atoms with van der Waals surface area (Å²) in [6, 6.07) is 9.54.